The highest BCUT2D eigenvalue weighted by atomic mass is 19.4. The molecule has 6 nitrogen and oxygen atoms in total. The first-order valence-corrected chi connectivity index (χ1v) is 6.98. The number of alkyl halides is 3. The van der Waals surface area contributed by atoms with Gasteiger partial charge in [-0.2, -0.15) is 28.5 Å². The van der Waals surface area contributed by atoms with Gasteiger partial charge >= 0.3 is 6.18 Å². The second-order valence-corrected chi connectivity index (χ2v) is 5.38. The lowest BCUT2D eigenvalue weighted by Gasteiger charge is -2.20. The number of nitrogens with one attached hydrogen (secondary N) is 1. The number of hydrogen-bond donors (Lipinski definition) is 1. The Morgan fingerprint density at radius 3 is 2.65 bits per heavy atom. The van der Waals surface area contributed by atoms with Gasteiger partial charge in [-0.3, -0.25) is 9.48 Å². The summed E-state index contributed by atoms with van der Waals surface area (Å²) >= 11 is 0. The number of hydrogen-bond acceptors (Lipinski definition) is 4. The predicted molar refractivity (Wildman–Crippen MR) is 75.0 cm³/mol. The third kappa shape index (κ3) is 4.55. The van der Waals surface area contributed by atoms with Crippen LogP contribution >= 0.6 is 0 Å². The van der Waals surface area contributed by atoms with E-state index in [9.17, 15) is 18.0 Å². The number of rotatable bonds is 7. The Morgan fingerprint density at radius 2 is 2.17 bits per heavy atom. The minimum atomic E-state index is -4.60. The van der Waals surface area contributed by atoms with E-state index in [2.05, 4.69) is 21.2 Å². The summed E-state index contributed by atoms with van der Waals surface area (Å²) in [7, 11) is 1.50. The Kier molecular flexibility index (Phi) is 4.73. The van der Waals surface area contributed by atoms with E-state index in [-0.39, 0.29) is 18.4 Å². The topological polar surface area (TPSA) is 71.6 Å². The van der Waals surface area contributed by atoms with Gasteiger partial charge in [0, 0.05) is 44.5 Å². The normalized spacial score (nSPS) is 16.7. The minimum Gasteiger partial charge on any atom is -0.341 e. The minimum absolute atomic E-state index is 0.107. The van der Waals surface area contributed by atoms with Crippen molar-refractivity contribution < 1.29 is 18.0 Å². The largest absolute Gasteiger partial charge is 0.412 e. The van der Waals surface area contributed by atoms with Crippen LogP contribution in [0.4, 0.5) is 13.2 Å². The van der Waals surface area contributed by atoms with Crippen molar-refractivity contribution in [2.24, 2.45) is 17.3 Å². The van der Waals surface area contributed by atoms with Crippen molar-refractivity contribution in [2.45, 2.75) is 43.6 Å². The maximum absolute atomic E-state index is 13.1. The van der Waals surface area contributed by atoms with Crippen LogP contribution in [0.2, 0.25) is 0 Å². The van der Waals surface area contributed by atoms with Crippen molar-refractivity contribution in [1.29, 1.82) is 0 Å². The van der Waals surface area contributed by atoms with Crippen LogP contribution in [0, 0.1) is 12.3 Å². The lowest BCUT2D eigenvalue weighted by atomic mass is 10.0. The molecule has 1 unspecified atom stereocenters. The first-order valence-electron chi connectivity index (χ1n) is 6.98. The molecule has 0 saturated heterocycles. The quantitative estimate of drug-likeness (QED) is 0.782. The van der Waals surface area contributed by atoms with E-state index in [1.165, 1.54) is 17.9 Å². The molecule has 0 bridgehead atoms. The van der Waals surface area contributed by atoms with Gasteiger partial charge in [-0.05, 0) is 0 Å². The number of halogens is 3. The first kappa shape index (κ1) is 17.0. The number of carbonyl (C=O) groups is 1. The Bertz CT molecular complexity index is 638. The van der Waals surface area contributed by atoms with Crippen molar-refractivity contribution in [2.75, 3.05) is 0 Å². The highest BCUT2D eigenvalue weighted by Crippen LogP contribution is 2.38. The molecule has 0 aromatic carbocycles. The molecule has 0 radical (unpaired) electrons. The van der Waals surface area contributed by atoms with E-state index >= 15 is 0 Å². The molecule has 124 valence electrons. The molecule has 1 aliphatic rings. The van der Waals surface area contributed by atoms with E-state index in [1.807, 2.05) is 5.32 Å². The molecule has 2 rings (SSSR count). The average Bonchev–Trinajstić information content (AvgIpc) is 3.12. The maximum atomic E-state index is 13.1. The molecule has 23 heavy (non-hydrogen) atoms. The number of carbonyl (C=O) groups excluding carboxylic acids is 1. The number of aromatic nitrogens is 2. The SMILES string of the molecule is C#CCCC1(CCC(=O)NC(c2cnn(C)c2)C(F)(F)F)N=N1. The summed E-state index contributed by atoms with van der Waals surface area (Å²) in [5.41, 5.74) is -0.803. The predicted octanol–water partition coefficient (Wildman–Crippen LogP) is 2.50. The third-order valence-corrected chi connectivity index (χ3v) is 3.50. The Labute approximate surface area is 131 Å². The van der Waals surface area contributed by atoms with Crippen molar-refractivity contribution >= 4 is 5.91 Å². The second-order valence-electron chi connectivity index (χ2n) is 5.38. The highest BCUT2D eigenvalue weighted by Gasteiger charge is 2.43. The second kappa shape index (κ2) is 6.40. The fourth-order valence-electron chi connectivity index (χ4n) is 2.16. The van der Waals surface area contributed by atoms with Crippen LogP contribution in [0.25, 0.3) is 0 Å². The molecule has 1 aromatic rings. The van der Waals surface area contributed by atoms with Gasteiger partial charge < -0.3 is 5.32 Å². The molecule has 0 fully saturated rings. The fourth-order valence-corrected chi connectivity index (χ4v) is 2.16. The van der Waals surface area contributed by atoms with Gasteiger partial charge in [-0.1, -0.05) is 0 Å². The molecule has 9 heteroatoms. The summed E-state index contributed by atoms with van der Waals surface area (Å²) in [5.74, 6) is 1.73. The van der Waals surface area contributed by atoms with E-state index in [0.717, 1.165) is 6.20 Å². The van der Waals surface area contributed by atoms with Gasteiger partial charge in [0.15, 0.2) is 11.7 Å². The number of amides is 1. The van der Waals surface area contributed by atoms with Gasteiger partial charge in [0.05, 0.1) is 6.20 Å². The highest BCUT2D eigenvalue weighted by molar-refractivity contribution is 5.76. The van der Waals surface area contributed by atoms with Crippen LogP contribution in [0.1, 0.15) is 37.3 Å². The van der Waals surface area contributed by atoms with Gasteiger partial charge in [0.1, 0.15) is 0 Å². The first-order chi connectivity index (χ1) is 10.8. The lowest BCUT2D eigenvalue weighted by molar-refractivity contribution is -0.163. The maximum Gasteiger partial charge on any atom is 0.412 e. The smallest absolute Gasteiger partial charge is 0.341 e. The van der Waals surface area contributed by atoms with Crippen LogP contribution in [0.5, 0.6) is 0 Å². The number of terminal acetylenes is 1. The zero-order valence-electron chi connectivity index (χ0n) is 12.5. The average molecular weight is 327 g/mol. The van der Waals surface area contributed by atoms with Crippen molar-refractivity contribution in [3.05, 3.63) is 18.0 Å². The number of aryl methyl sites for hydroxylation is 1. The molecular formula is C14H16F3N5O. The summed E-state index contributed by atoms with van der Waals surface area (Å²) in [6, 6.07) is -2.08. The molecule has 0 aliphatic carbocycles. The summed E-state index contributed by atoms with van der Waals surface area (Å²) < 4.78 is 40.6. The Balaban J connectivity index is 1.92. The zero-order valence-corrected chi connectivity index (χ0v) is 12.5. The van der Waals surface area contributed by atoms with Gasteiger partial charge in [0.25, 0.3) is 0 Å². The molecule has 1 aliphatic heterocycles. The van der Waals surface area contributed by atoms with Gasteiger partial charge in [-0.15, -0.1) is 12.3 Å². The fraction of sp³-hybridized carbons (Fsp3) is 0.571. The van der Waals surface area contributed by atoms with Crippen LogP contribution in [-0.4, -0.2) is 27.5 Å². The molecule has 1 atom stereocenters. The summed E-state index contributed by atoms with van der Waals surface area (Å²) in [6.45, 7) is 0. The van der Waals surface area contributed by atoms with Crippen molar-refractivity contribution in [3.63, 3.8) is 0 Å². The Hall–Kier alpha value is -2.37. The lowest BCUT2D eigenvalue weighted by Crippen LogP contribution is -2.38. The molecule has 1 amide bonds. The van der Waals surface area contributed by atoms with Crippen LogP contribution < -0.4 is 5.32 Å². The third-order valence-electron chi connectivity index (χ3n) is 3.50. The summed E-state index contributed by atoms with van der Waals surface area (Å²) in [5, 5.41) is 13.4. The Morgan fingerprint density at radius 1 is 1.48 bits per heavy atom. The number of nitrogens with zero attached hydrogens (tertiary/aromatic N) is 4. The standard InChI is InChI=1S/C14H16F3N5O/c1-3-4-6-13(20-21-13)7-5-11(23)19-12(14(15,16)17)10-8-18-22(2)9-10/h1,8-9,12H,4-7H2,2H3,(H,19,23). The molecule has 0 saturated carbocycles. The molecular weight excluding hydrogens is 311 g/mol. The van der Waals surface area contributed by atoms with Crippen LogP contribution in [-0.2, 0) is 11.8 Å². The van der Waals surface area contributed by atoms with Gasteiger partial charge in [-0.25, -0.2) is 0 Å². The summed E-state index contributed by atoms with van der Waals surface area (Å²) in [4.78, 5) is 11.9. The van der Waals surface area contributed by atoms with E-state index in [4.69, 9.17) is 6.42 Å². The summed E-state index contributed by atoms with van der Waals surface area (Å²) in [6.07, 6.45) is 3.95. The molecule has 2 heterocycles. The molecule has 0 spiro atoms. The van der Waals surface area contributed by atoms with E-state index in [0.29, 0.717) is 12.8 Å². The van der Waals surface area contributed by atoms with Crippen LogP contribution in [0.3, 0.4) is 0 Å². The molecule has 1 N–H and O–H groups in total. The van der Waals surface area contributed by atoms with Crippen molar-refractivity contribution in [3.8, 4) is 12.3 Å². The monoisotopic (exact) mass is 327 g/mol. The zero-order chi connectivity index (χ0) is 17.1. The van der Waals surface area contributed by atoms with Crippen LogP contribution in [0.15, 0.2) is 22.6 Å². The van der Waals surface area contributed by atoms with E-state index in [1.54, 1.807) is 0 Å². The van der Waals surface area contributed by atoms with E-state index < -0.39 is 23.8 Å². The van der Waals surface area contributed by atoms with Gasteiger partial charge in [0.2, 0.25) is 5.91 Å². The molecule has 1 aromatic heterocycles. The van der Waals surface area contributed by atoms with Crippen molar-refractivity contribution in [1.82, 2.24) is 15.1 Å².